The van der Waals surface area contributed by atoms with Gasteiger partial charge in [-0.05, 0) is 56.6 Å². The number of nitrogens with zero attached hydrogens (tertiary/aromatic N) is 1. The van der Waals surface area contributed by atoms with Crippen LogP contribution in [-0.2, 0) is 10.0 Å². The molecule has 0 spiro atoms. The van der Waals surface area contributed by atoms with Crippen LogP contribution in [0, 0.1) is 5.92 Å². The molecule has 1 aromatic carbocycles. The zero-order chi connectivity index (χ0) is 18.6. The van der Waals surface area contributed by atoms with Crippen molar-refractivity contribution >= 4 is 27.7 Å². The van der Waals surface area contributed by atoms with Gasteiger partial charge in [-0.15, -0.1) is 11.8 Å². The van der Waals surface area contributed by atoms with Crippen LogP contribution >= 0.6 is 11.8 Å². The second kappa shape index (κ2) is 8.56. The Labute approximate surface area is 155 Å². The number of piperidine rings is 1. The minimum absolute atomic E-state index is 0.0724. The van der Waals surface area contributed by atoms with E-state index in [1.54, 1.807) is 12.1 Å². The Balaban J connectivity index is 2.32. The number of sulfonamides is 1. The average Bonchev–Trinajstić information content (AvgIpc) is 2.60. The fraction of sp³-hybridized carbons (Fsp3) is 0.611. The number of likely N-dealkylation sites (tertiary alicyclic amines) is 1. The summed E-state index contributed by atoms with van der Waals surface area (Å²) in [5.74, 6) is 0.562. The molecule has 0 aliphatic carbocycles. The molecule has 1 saturated heterocycles. The Morgan fingerprint density at radius 1 is 1.36 bits per heavy atom. The molecule has 0 radical (unpaired) electrons. The summed E-state index contributed by atoms with van der Waals surface area (Å²) >= 11 is 1.46. The van der Waals surface area contributed by atoms with Gasteiger partial charge in [0.1, 0.15) is 0 Å². The van der Waals surface area contributed by atoms with Gasteiger partial charge in [0.05, 0.1) is 10.5 Å². The van der Waals surface area contributed by atoms with Gasteiger partial charge in [-0.3, -0.25) is 4.79 Å². The van der Waals surface area contributed by atoms with Crippen molar-refractivity contribution in [1.29, 1.82) is 0 Å². The zero-order valence-electron chi connectivity index (χ0n) is 15.4. The van der Waals surface area contributed by atoms with E-state index in [1.807, 2.05) is 25.0 Å². The average molecular weight is 385 g/mol. The van der Waals surface area contributed by atoms with E-state index >= 15 is 0 Å². The highest BCUT2D eigenvalue weighted by molar-refractivity contribution is 7.98. The number of rotatable bonds is 6. The second-order valence-corrected chi connectivity index (χ2v) is 9.33. The molecule has 1 aliphatic rings. The predicted molar refractivity (Wildman–Crippen MR) is 103 cm³/mol. The van der Waals surface area contributed by atoms with Crippen molar-refractivity contribution in [2.24, 2.45) is 5.92 Å². The molecule has 0 aromatic heterocycles. The highest BCUT2D eigenvalue weighted by Gasteiger charge is 2.25. The number of nitrogens with one attached hydrogen (secondary N) is 1. The smallest absolute Gasteiger partial charge is 0.255 e. The van der Waals surface area contributed by atoms with Gasteiger partial charge >= 0.3 is 0 Å². The monoisotopic (exact) mass is 384 g/mol. The van der Waals surface area contributed by atoms with E-state index in [-0.39, 0.29) is 16.8 Å². The van der Waals surface area contributed by atoms with E-state index in [9.17, 15) is 13.2 Å². The van der Waals surface area contributed by atoms with E-state index in [2.05, 4.69) is 11.6 Å². The SMILES string of the molecule is CC[C@@H](C)NS(=O)(=O)c1ccc(SC)c(C(=O)N2CCC(C)CC2)c1. The number of hydrogen-bond donors (Lipinski definition) is 1. The summed E-state index contributed by atoms with van der Waals surface area (Å²) in [6.07, 6.45) is 4.59. The molecule has 2 rings (SSSR count). The normalized spacial score (nSPS) is 17.5. The van der Waals surface area contributed by atoms with E-state index in [1.165, 1.54) is 17.8 Å². The molecule has 1 N–H and O–H groups in total. The van der Waals surface area contributed by atoms with Crippen LogP contribution in [0.5, 0.6) is 0 Å². The predicted octanol–water partition coefficient (Wildman–Crippen LogP) is 3.36. The van der Waals surface area contributed by atoms with Crippen molar-refractivity contribution in [3.05, 3.63) is 23.8 Å². The molecule has 1 fully saturated rings. The molecular weight excluding hydrogens is 356 g/mol. The second-order valence-electron chi connectivity index (χ2n) is 6.77. The molecule has 0 unspecified atom stereocenters. The maximum Gasteiger partial charge on any atom is 0.255 e. The molecule has 7 heteroatoms. The highest BCUT2D eigenvalue weighted by atomic mass is 32.2. The Kier molecular flexibility index (Phi) is 6.93. The lowest BCUT2D eigenvalue weighted by Crippen LogP contribution is -2.38. The first-order chi connectivity index (χ1) is 11.8. The van der Waals surface area contributed by atoms with Crippen molar-refractivity contribution in [3.63, 3.8) is 0 Å². The van der Waals surface area contributed by atoms with Gasteiger partial charge in [0.25, 0.3) is 5.91 Å². The van der Waals surface area contributed by atoms with E-state index < -0.39 is 10.0 Å². The lowest BCUT2D eigenvalue weighted by atomic mass is 9.98. The van der Waals surface area contributed by atoms with Crippen molar-refractivity contribution in [2.75, 3.05) is 19.3 Å². The summed E-state index contributed by atoms with van der Waals surface area (Å²) in [6.45, 7) is 7.42. The molecule has 1 aromatic rings. The van der Waals surface area contributed by atoms with Crippen molar-refractivity contribution in [1.82, 2.24) is 9.62 Å². The maximum absolute atomic E-state index is 12.9. The van der Waals surface area contributed by atoms with Gasteiger partial charge in [-0.1, -0.05) is 13.8 Å². The Bertz CT molecular complexity index is 711. The molecule has 0 saturated carbocycles. The third-order valence-electron chi connectivity index (χ3n) is 4.75. The summed E-state index contributed by atoms with van der Waals surface area (Å²) < 4.78 is 27.8. The molecule has 1 aliphatic heterocycles. The summed E-state index contributed by atoms with van der Waals surface area (Å²) in [5, 5.41) is 0. The Morgan fingerprint density at radius 2 is 2.00 bits per heavy atom. The van der Waals surface area contributed by atoms with Crippen LogP contribution in [0.2, 0.25) is 0 Å². The van der Waals surface area contributed by atoms with Crippen LogP contribution in [0.1, 0.15) is 50.4 Å². The third-order valence-corrected chi connectivity index (χ3v) is 7.13. The molecule has 25 heavy (non-hydrogen) atoms. The first kappa shape index (κ1) is 20.3. The quantitative estimate of drug-likeness (QED) is 0.764. The van der Waals surface area contributed by atoms with Crippen molar-refractivity contribution in [2.45, 2.75) is 55.9 Å². The minimum Gasteiger partial charge on any atom is -0.339 e. The van der Waals surface area contributed by atoms with E-state index in [0.717, 1.165) is 30.8 Å². The zero-order valence-corrected chi connectivity index (χ0v) is 17.0. The first-order valence-electron chi connectivity index (χ1n) is 8.78. The lowest BCUT2D eigenvalue weighted by Gasteiger charge is -2.31. The molecule has 1 atom stereocenters. The van der Waals surface area contributed by atoms with Crippen molar-refractivity contribution in [3.8, 4) is 0 Å². The molecule has 1 amide bonds. The number of amides is 1. The number of benzene rings is 1. The van der Waals surface area contributed by atoms with Crippen LogP contribution in [0.25, 0.3) is 0 Å². The van der Waals surface area contributed by atoms with Crippen LogP contribution in [0.4, 0.5) is 0 Å². The number of hydrogen-bond acceptors (Lipinski definition) is 4. The lowest BCUT2D eigenvalue weighted by molar-refractivity contribution is 0.0693. The summed E-state index contributed by atoms with van der Waals surface area (Å²) in [4.78, 5) is 15.7. The van der Waals surface area contributed by atoms with Gasteiger partial charge < -0.3 is 4.90 Å². The molecule has 140 valence electrons. The fourth-order valence-electron chi connectivity index (χ4n) is 2.82. The fourth-order valence-corrected chi connectivity index (χ4v) is 4.74. The first-order valence-corrected chi connectivity index (χ1v) is 11.5. The van der Waals surface area contributed by atoms with Crippen molar-refractivity contribution < 1.29 is 13.2 Å². The van der Waals surface area contributed by atoms with E-state index in [0.29, 0.717) is 17.9 Å². The summed E-state index contributed by atoms with van der Waals surface area (Å²) in [5.41, 5.74) is 0.481. The van der Waals surface area contributed by atoms with Crippen LogP contribution in [-0.4, -0.2) is 44.6 Å². The summed E-state index contributed by atoms with van der Waals surface area (Å²) in [6, 6.07) is 4.69. The van der Waals surface area contributed by atoms with Crippen LogP contribution < -0.4 is 4.72 Å². The van der Waals surface area contributed by atoms with E-state index in [4.69, 9.17) is 0 Å². The standard InChI is InChI=1S/C18H28N2O3S2/c1-5-14(3)19-25(22,23)15-6-7-17(24-4)16(12-15)18(21)20-10-8-13(2)9-11-20/h6-7,12-14,19H,5,8-11H2,1-4H3/t14-/m1/s1. The van der Waals surface area contributed by atoms with Crippen LogP contribution in [0.15, 0.2) is 28.0 Å². The topological polar surface area (TPSA) is 66.5 Å². The molecule has 0 bridgehead atoms. The van der Waals surface area contributed by atoms with Crippen LogP contribution in [0.3, 0.4) is 0 Å². The molecule has 5 nitrogen and oxygen atoms in total. The van der Waals surface area contributed by atoms with Gasteiger partial charge in [0, 0.05) is 24.0 Å². The largest absolute Gasteiger partial charge is 0.339 e. The molecular formula is C18H28N2O3S2. The number of thioether (sulfide) groups is 1. The Hall–Kier alpha value is -1.05. The Morgan fingerprint density at radius 3 is 2.56 bits per heavy atom. The molecule has 1 heterocycles. The minimum atomic E-state index is -3.62. The summed E-state index contributed by atoms with van der Waals surface area (Å²) in [7, 11) is -3.62. The highest BCUT2D eigenvalue weighted by Crippen LogP contribution is 2.27. The number of carbonyl (C=O) groups excluding carboxylic acids is 1. The van der Waals surface area contributed by atoms with Gasteiger partial charge in [-0.25, -0.2) is 13.1 Å². The van der Waals surface area contributed by atoms with Gasteiger partial charge in [0.15, 0.2) is 0 Å². The maximum atomic E-state index is 12.9. The third kappa shape index (κ3) is 4.99. The van der Waals surface area contributed by atoms with Gasteiger partial charge in [0.2, 0.25) is 10.0 Å². The van der Waals surface area contributed by atoms with Gasteiger partial charge in [-0.2, -0.15) is 0 Å². The number of carbonyl (C=O) groups is 1.